The number of methoxy groups -OCH3 is 1. The topological polar surface area (TPSA) is 41.9 Å². The lowest BCUT2D eigenvalue weighted by atomic mass is 10.2. The second-order valence-corrected chi connectivity index (χ2v) is 6.53. The molecule has 2 aromatic carbocycles. The first kappa shape index (κ1) is 20.6. The van der Waals surface area contributed by atoms with E-state index in [4.69, 9.17) is 21.1 Å². The van der Waals surface area contributed by atoms with Crippen molar-refractivity contribution in [1.29, 1.82) is 0 Å². The van der Waals surface area contributed by atoms with Gasteiger partial charge in [0, 0.05) is 43.9 Å². The number of hydrogen-bond acceptors (Lipinski definition) is 4. The van der Waals surface area contributed by atoms with Crippen molar-refractivity contribution in [1.82, 2.24) is 4.90 Å². The molecule has 0 spiro atoms. The second-order valence-electron chi connectivity index (χ2n) is 6.09. The standard InChI is InChI=1S/C20H25ClFNO3/c1-25-12-4-11-23(13-16-5-2-3-6-20(16)22)14-18(24)15-26-19-9-7-17(21)8-10-19/h2-3,5-10,18,24H,4,11-15H2,1H3/t18-/m1/s1. The quantitative estimate of drug-likeness (QED) is 0.602. The molecule has 1 N–H and O–H groups in total. The summed E-state index contributed by atoms with van der Waals surface area (Å²) in [5, 5.41) is 11.0. The van der Waals surface area contributed by atoms with Crippen molar-refractivity contribution in [3.63, 3.8) is 0 Å². The number of aliphatic hydroxyl groups excluding tert-OH is 1. The van der Waals surface area contributed by atoms with Crippen molar-refractivity contribution in [2.45, 2.75) is 19.1 Å². The highest BCUT2D eigenvalue weighted by Crippen LogP contribution is 2.16. The monoisotopic (exact) mass is 381 g/mol. The molecule has 0 unspecified atom stereocenters. The van der Waals surface area contributed by atoms with Gasteiger partial charge in [-0.25, -0.2) is 4.39 Å². The molecule has 0 bridgehead atoms. The largest absolute Gasteiger partial charge is 0.491 e. The third-order valence-corrected chi connectivity index (χ3v) is 4.15. The van der Waals surface area contributed by atoms with E-state index in [-0.39, 0.29) is 12.4 Å². The van der Waals surface area contributed by atoms with Gasteiger partial charge in [-0.05, 0) is 36.8 Å². The minimum absolute atomic E-state index is 0.152. The van der Waals surface area contributed by atoms with Crippen LogP contribution in [0.5, 0.6) is 5.75 Å². The van der Waals surface area contributed by atoms with Crippen LogP contribution in [-0.2, 0) is 11.3 Å². The van der Waals surface area contributed by atoms with Crippen LogP contribution in [0.4, 0.5) is 4.39 Å². The minimum Gasteiger partial charge on any atom is -0.491 e. The van der Waals surface area contributed by atoms with E-state index in [9.17, 15) is 9.50 Å². The summed E-state index contributed by atoms with van der Waals surface area (Å²) in [6.45, 7) is 2.27. The normalized spacial score (nSPS) is 12.3. The van der Waals surface area contributed by atoms with Crippen molar-refractivity contribution in [2.75, 3.05) is 33.4 Å². The maximum absolute atomic E-state index is 13.9. The molecule has 0 aliphatic heterocycles. The second kappa shape index (κ2) is 11.1. The van der Waals surface area contributed by atoms with Gasteiger partial charge in [0.15, 0.2) is 0 Å². The van der Waals surface area contributed by atoms with Gasteiger partial charge < -0.3 is 14.6 Å². The van der Waals surface area contributed by atoms with Crippen LogP contribution >= 0.6 is 11.6 Å². The summed E-state index contributed by atoms with van der Waals surface area (Å²) < 4.78 is 24.6. The molecule has 0 amide bonds. The van der Waals surface area contributed by atoms with Crippen LogP contribution in [0.2, 0.25) is 5.02 Å². The lowest BCUT2D eigenvalue weighted by molar-refractivity contribution is 0.0614. The van der Waals surface area contributed by atoms with E-state index in [1.165, 1.54) is 6.07 Å². The summed E-state index contributed by atoms with van der Waals surface area (Å²) in [7, 11) is 1.65. The smallest absolute Gasteiger partial charge is 0.127 e. The highest BCUT2D eigenvalue weighted by Gasteiger charge is 2.15. The molecular weight excluding hydrogens is 357 g/mol. The molecule has 4 nitrogen and oxygen atoms in total. The molecule has 2 aromatic rings. The summed E-state index contributed by atoms with van der Waals surface area (Å²) in [6.07, 6.45) is 0.107. The highest BCUT2D eigenvalue weighted by atomic mass is 35.5. The zero-order valence-electron chi connectivity index (χ0n) is 14.9. The van der Waals surface area contributed by atoms with Crippen molar-refractivity contribution in [3.05, 3.63) is 64.9 Å². The Bertz CT molecular complexity index is 654. The molecule has 0 fully saturated rings. The van der Waals surface area contributed by atoms with Crippen LogP contribution in [0, 0.1) is 5.82 Å². The predicted molar refractivity (Wildman–Crippen MR) is 101 cm³/mol. The number of nitrogens with zero attached hydrogens (tertiary/aromatic N) is 1. The molecule has 6 heteroatoms. The van der Waals surface area contributed by atoms with Crippen LogP contribution < -0.4 is 4.74 Å². The molecule has 0 radical (unpaired) electrons. The number of benzene rings is 2. The van der Waals surface area contributed by atoms with Crippen molar-refractivity contribution in [3.8, 4) is 5.75 Å². The lowest BCUT2D eigenvalue weighted by Crippen LogP contribution is -2.36. The Hall–Kier alpha value is -1.66. The fraction of sp³-hybridized carbons (Fsp3) is 0.400. The minimum atomic E-state index is -0.694. The fourth-order valence-electron chi connectivity index (χ4n) is 2.61. The third-order valence-electron chi connectivity index (χ3n) is 3.90. The number of ether oxygens (including phenoxy) is 2. The van der Waals surface area contributed by atoms with E-state index < -0.39 is 6.10 Å². The van der Waals surface area contributed by atoms with Gasteiger partial charge in [0.25, 0.3) is 0 Å². The molecule has 26 heavy (non-hydrogen) atoms. The van der Waals surface area contributed by atoms with E-state index in [1.807, 2.05) is 11.0 Å². The molecule has 0 aliphatic rings. The summed E-state index contributed by atoms with van der Waals surface area (Å²) >= 11 is 5.84. The van der Waals surface area contributed by atoms with Gasteiger partial charge in [0.05, 0.1) is 0 Å². The first-order chi connectivity index (χ1) is 12.6. The van der Waals surface area contributed by atoms with Crippen molar-refractivity contribution < 1.29 is 19.0 Å². The van der Waals surface area contributed by atoms with E-state index in [0.717, 1.165) is 6.42 Å². The van der Waals surface area contributed by atoms with Gasteiger partial charge in [-0.3, -0.25) is 4.90 Å². The van der Waals surface area contributed by atoms with Gasteiger partial charge in [-0.2, -0.15) is 0 Å². The summed E-state index contributed by atoms with van der Waals surface area (Å²) in [6, 6.07) is 13.7. The van der Waals surface area contributed by atoms with Crippen molar-refractivity contribution in [2.24, 2.45) is 0 Å². The Balaban J connectivity index is 1.89. The van der Waals surface area contributed by atoms with Crippen LogP contribution in [-0.4, -0.2) is 49.5 Å². The molecule has 0 saturated heterocycles. The van der Waals surface area contributed by atoms with Crippen LogP contribution in [0.15, 0.2) is 48.5 Å². The van der Waals surface area contributed by atoms with E-state index in [1.54, 1.807) is 43.5 Å². The van der Waals surface area contributed by atoms with Crippen LogP contribution in [0.3, 0.4) is 0 Å². The zero-order chi connectivity index (χ0) is 18.8. The number of hydrogen-bond donors (Lipinski definition) is 1. The maximum atomic E-state index is 13.9. The van der Waals surface area contributed by atoms with E-state index >= 15 is 0 Å². The summed E-state index contributed by atoms with van der Waals surface area (Å²) in [5.74, 6) is 0.407. The predicted octanol–water partition coefficient (Wildman–Crippen LogP) is 3.76. The Labute approximate surface area is 159 Å². The third kappa shape index (κ3) is 7.30. The fourth-order valence-corrected chi connectivity index (χ4v) is 2.73. The van der Waals surface area contributed by atoms with Gasteiger partial charge in [0.2, 0.25) is 0 Å². The number of aliphatic hydroxyl groups is 1. The molecule has 142 valence electrons. The summed E-state index contributed by atoms with van der Waals surface area (Å²) in [5.41, 5.74) is 0.607. The highest BCUT2D eigenvalue weighted by molar-refractivity contribution is 6.30. The Kier molecular flexibility index (Phi) is 8.85. The van der Waals surface area contributed by atoms with Gasteiger partial charge in [-0.15, -0.1) is 0 Å². The maximum Gasteiger partial charge on any atom is 0.127 e. The molecule has 2 rings (SSSR count). The van der Waals surface area contributed by atoms with E-state index in [2.05, 4.69) is 0 Å². The Morgan fingerprint density at radius 1 is 1.15 bits per heavy atom. The lowest BCUT2D eigenvalue weighted by Gasteiger charge is -2.25. The average molecular weight is 382 g/mol. The first-order valence-corrected chi connectivity index (χ1v) is 8.97. The Morgan fingerprint density at radius 2 is 1.88 bits per heavy atom. The molecule has 0 aromatic heterocycles. The van der Waals surface area contributed by atoms with E-state index in [0.29, 0.717) is 42.6 Å². The van der Waals surface area contributed by atoms with Crippen molar-refractivity contribution >= 4 is 11.6 Å². The molecule has 0 saturated carbocycles. The zero-order valence-corrected chi connectivity index (χ0v) is 15.7. The molecule has 0 heterocycles. The van der Waals surface area contributed by atoms with Crippen LogP contribution in [0.1, 0.15) is 12.0 Å². The molecule has 1 atom stereocenters. The molecular formula is C20H25ClFNO3. The number of rotatable bonds is 11. The average Bonchev–Trinajstić information content (AvgIpc) is 2.63. The van der Waals surface area contributed by atoms with Gasteiger partial charge in [-0.1, -0.05) is 29.8 Å². The molecule has 0 aliphatic carbocycles. The first-order valence-electron chi connectivity index (χ1n) is 8.59. The van der Waals surface area contributed by atoms with Gasteiger partial charge in [0.1, 0.15) is 24.3 Å². The van der Waals surface area contributed by atoms with Crippen LogP contribution in [0.25, 0.3) is 0 Å². The van der Waals surface area contributed by atoms with Gasteiger partial charge >= 0.3 is 0 Å². The Morgan fingerprint density at radius 3 is 2.58 bits per heavy atom. The number of halogens is 2. The summed E-state index contributed by atoms with van der Waals surface area (Å²) in [4.78, 5) is 2.01. The SMILES string of the molecule is COCCCN(Cc1ccccc1F)C[C@@H](O)COc1ccc(Cl)cc1.